The van der Waals surface area contributed by atoms with E-state index in [2.05, 4.69) is 56.5 Å². The molecule has 1 heterocycles. The van der Waals surface area contributed by atoms with Crippen LogP contribution in [0.15, 0.2) is 24.3 Å². The minimum Gasteiger partial charge on any atom is -0.383 e. The van der Waals surface area contributed by atoms with Gasteiger partial charge in [0.05, 0.1) is 0 Å². The van der Waals surface area contributed by atoms with Crippen molar-refractivity contribution in [2.24, 2.45) is 0 Å². The van der Waals surface area contributed by atoms with Crippen LogP contribution in [-0.2, 0) is 12.0 Å². The molecule has 0 aliphatic heterocycles. The number of hydrogen-bond donors (Lipinski definition) is 1. The Balaban J connectivity index is 2.10. The van der Waals surface area contributed by atoms with Gasteiger partial charge in [-0.2, -0.15) is 0 Å². The van der Waals surface area contributed by atoms with Crippen molar-refractivity contribution in [1.82, 2.24) is 9.55 Å². The second kappa shape index (κ2) is 4.90. The molecule has 0 radical (unpaired) electrons. The predicted molar refractivity (Wildman–Crippen MR) is 88.4 cm³/mol. The zero-order valence-electron chi connectivity index (χ0n) is 13.5. The van der Waals surface area contributed by atoms with Gasteiger partial charge in [0.1, 0.15) is 17.3 Å². The van der Waals surface area contributed by atoms with Crippen LogP contribution in [-0.4, -0.2) is 9.55 Å². The molecule has 2 N–H and O–H groups in total. The molecule has 0 spiro atoms. The number of nitrogens with two attached hydrogens (primary N) is 1. The standard InChI is InChI=1S/C18H25N3/c1-5-21-16(19)15(20-17(21)18(2,3)4)14-8-6-7-13(11-14)12-9-10-12/h6-8,11-12H,5,9-10,19H2,1-4H3. The predicted octanol–water partition coefficient (Wildman–Crippen LogP) is 4.33. The first-order valence-corrected chi connectivity index (χ1v) is 7.88. The first-order valence-electron chi connectivity index (χ1n) is 7.88. The van der Waals surface area contributed by atoms with Crippen LogP contribution in [0, 0.1) is 0 Å². The van der Waals surface area contributed by atoms with Crippen molar-refractivity contribution < 1.29 is 0 Å². The molecule has 1 aliphatic rings. The first kappa shape index (κ1) is 14.2. The molecule has 0 saturated heterocycles. The number of hydrogen-bond acceptors (Lipinski definition) is 2. The molecule has 112 valence electrons. The largest absolute Gasteiger partial charge is 0.383 e. The van der Waals surface area contributed by atoms with Crippen LogP contribution in [0.25, 0.3) is 11.3 Å². The molecule has 0 bridgehead atoms. The summed E-state index contributed by atoms with van der Waals surface area (Å²) >= 11 is 0. The maximum Gasteiger partial charge on any atom is 0.131 e. The maximum atomic E-state index is 6.39. The number of nitrogen functional groups attached to an aromatic ring is 1. The Kier molecular flexibility index (Phi) is 3.31. The fraction of sp³-hybridized carbons (Fsp3) is 0.500. The Morgan fingerprint density at radius 2 is 2.00 bits per heavy atom. The minimum absolute atomic E-state index is 0.00349. The third-order valence-corrected chi connectivity index (χ3v) is 4.20. The normalized spacial score (nSPS) is 15.4. The highest BCUT2D eigenvalue weighted by molar-refractivity contribution is 5.72. The van der Waals surface area contributed by atoms with E-state index in [1.807, 2.05) is 0 Å². The van der Waals surface area contributed by atoms with Crippen LogP contribution < -0.4 is 5.73 Å². The number of rotatable bonds is 3. The lowest BCUT2D eigenvalue weighted by Crippen LogP contribution is -2.19. The molecule has 0 amide bonds. The lowest BCUT2D eigenvalue weighted by molar-refractivity contribution is 0.509. The lowest BCUT2D eigenvalue weighted by atomic mass is 9.95. The molecule has 1 aliphatic carbocycles. The van der Waals surface area contributed by atoms with Crippen LogP contribution in [0.5, 0.6) is 0 Å². The van der Waals surface area contributed by atoms with Gasteiger partial charge in [0, 0.05) is 17.5 Å². The van der Waals surface area contributed by atoms with Crippen molar-refractivity contribution >= 4 is 5.82 Å². The molecule has 1 saturated carbocycles. The quantitative estimate of drug-likeness (QED) is 0.911. The Hall–Kier alpha value is -1.77. The number of imidazole rings is 1. The number of nitrogens with zero attached hydrogens (tertiary/aromatic N) is 2. The van der Waals surface area contributed by atoms with Crippen LogP contribution in [0.2, 0.25) is 0 Å². The molecular weight excluding hydrogens is 258 g/mol. The van der Waals surface area contributed by atoms with E-state index in [9.17, 15) is 0 Å². The highest BCUT2D eigenvalue weighted by atomic mass is 15.1. The SMILES string of the molecule is CCn1c(C(C)(C)C)nc(-c2cccc(C3CC3)c2)c1N. The van der Waals surface area contributed by atoms with Gasteiger partial charge in [-0.15, -0.1) is 0 Å². The van der Waals surface area contributed by atoms with Gasteiger partial charge in [0.25, 0.3) is 0 Å². The van der Waals surface area contributed by atoms with Crippen molar-refractivity contribution in [3.05, 3.63) is 35.7 Å². The third kappa shape index (κ3) is 2.57. The van der Waals surface area contributed by atoms with Gasteiger partial charge in [0.2, 0.25) is 0 Å². The van der Waals surface area contributed by atoms with E-state index in [0.717, 1.165) is 35.4 Å². The van der Waals surface area contributed by atoms with Crippen LogP contribution in [0.3, 0.4) is 0 Å². The summed E-state index contributed by atoms with van der Waals surface area (Å²) in [5, 5.41) is 0. The molecule has 0 atom stereocenters. The topological polar surface area (TPSA) is 43.8 Å². The van der Waals surface area contributed by atoms with Gasteiger partial charge in [-0.05, 0) is 37.3 Å². The Bertz CT molecular complexity index is 658. The summed E-state index contributed by atoms with van der Waals surface area (Å²) in [5.74, 6) is 2.60. The Morgan fingerprint density at radius 1 is 1.29 bits per heavy atom. The van der Waals surface area contributed by atoms with Crippen molar-refractivity contribution in [2.45, 2.75) is 58.4 Å². The van der Waals surface area contributed by atoms with Gasteiger partial charge >= 0.3 is 0 Å². The zero-order chi connectivity index (χ0) is 15.2. The number of aromatic nitrogens is 2. The second-order valence-corrected chi connectivity index (χ2v) is 7.06. The summed E-state index contributed by atoms with van der Waals surface area (Å²) in [6.07, 6.45) is 2.63. The smallest absolute Gasteiger partial charge is 0.131 e. The van der Waals surface area contributed by atoms with E-state index in [4.69, 9.17) is 10.7 Å². The van der Waals surface area contributed by atoms with Gasteiger partial charge in [0.15, 0.2) is 0 Å². The zero-order valence-corrected chi connectivity index (χ0v) is 13.5. The first-order chi connectivity index (χ1) is 9.91. The average Bonchev–Trinajstić information content (AvgIpc) is 3.21. The Labute approximate surface area is 127 Å². The highest BCUT2D eigenvalue weighted by Crippen LogP contribution is 2.41. The molecular formula is C18H25N3. The highest BCUT2D eigenvalue weighted by Gasteiger charge is 2.26. The molecule has 3 rings (SSSR count). The third-order valence-electron chi connectivity index (χ3n) is 4.20. The fourth-order valence-corrected chi connectivity index (χ4v) is 2.93. The summed E-state index contributed by atoms with van der Waals surface area (Å²) < 4.78 is 2.14. The van der Waals surface area contributed by atoms with Gasteiger partial charge in [-0.1, -0.05) is 39.0 Å². The van der Waals surface area contributed by atoms with Gasteiger partial charge < -0.3 is 10.3 Å². The van der Waals surface area contributed by atoms with E-state index < -0.39 is 0 Å². The minimum atomic E-state index is -0.00349. The van der Waals surface area contributed by atoms with Crippen molar-refractivity contribution in [3.63, 3.8) is 0 Å². The summed E-state index contributed by atoms with van der Waals surface area (Å²) in [5.41, 5.74) is 9.89. The maximum absolute atomic E-state index is 6.39. The molecule has 0 unspecified atom stereocenters. The second-order valence-electron chi connectivity index (χ2n) is 7.06. The molecule has 21 heavy (non-hydrogen) atoms. The van der Waals surface area contributed by atoms with Gasteiger partial charge in [-0.25, -0.2) is 4.98 Å². The number of anilines is 1. The van der Waals surface area contributed by atoms with E-state index in [1.54, 1.807) is 0 Å². The van der Waals surface area contributed by atoms with Crippen LogP contribution in [0.1, 0.15) is 57.8 Å². The van der Waals surface area contributed by atoms with Crippen LogP contribution in [0.4, 0.5) is 5.82 Å². The molecule has 1 aromatic heterocycles. The monoisotopic (exact) mass is 283 g/mol. The molecule has 3 nitrogen and oxygen atoms in total. The van der Waals surface area contributed by atoms with E-state index in [0.29, 0.717) is 0 Å². The average molecular weight is 283 g/mol. The van der Waals surface area contributed by atoms with Crippen molar-refractivity contribution in [1.29, 1.82) is 0 Å². The van der Waals surface area contributed by atoms with Crippen molar-refractivity contribution in [3.8, 4) is 11.3 Å². The van der Waals surface area contributed by atoms with E-state index in [1.165, 1.54) is 18.4 Å². The fourth-order valence-electron chi connectivity index (χ4n) is 2.93. The Morgan fingerprint density at radius 3 is 2.52 bits per heavy atom. The van der Waals surface area contributed by atoms with E-state index in [-0.39, 0.29) is 5.41 Å². The molecule has 3 heteroatoms. The molecule has 1 aromatic carbocycles. The van der Waals surface area contributed by atoms with Crippen LogP contribution >= 0.6 is 0 Å². The summed E-state index contributed by atoms with van der Waals surface area (Å²) in [6, 6.07) is 8.74. The van der Waals surface area contributed by atoms with Gasteiger partial charge in [-0.3, -0.25) is 0 Å². The molecule has 1 fully saturated rings. The van der Waals surface area contributed by atoms with Crippen molar-refractivity contribution in [2.75, 3.05) is 5.73 Å². The lowest BCUT2D eigenvalue weighted by Gasteiger charge is -2.19. The van der Waals surface area contributed by atoms with E-state index >= 15 is 0 Å². The summed E-state index contributed by atoms with van der Waals surface area (Å²) in [7, 11) is 0. The summed E-state index contributed by atoms with van der Waals surface area (Å²) in [4.78, 5) is 4.88. The number of benzene rings is 1. The molecule has 2 aromatic rings. The summed E-state index contributed by atoms with van der Waals surface area (Å²) in [6.45, 7) is 9.54.